The lowest BCUT2D eigenvalue weighted by atomic mass is 9.98. The van der Waals surface area contributed by atoms with Crippen molar-refractivity contribution < 1.29 is 53.7 Å². The zero-order chi connectivity index (χ0) is 19.7. The Kier molecular flexibility index (Phi) is 6.32. The average molecular weight is 388 g/mol. The average Bonchev–Trinajstić information content (AvgIpc) is 2.43. The van der Waals surface area contributed by atoms with Crippen LogP contribution in [0, 0.1) is 23.3 Å². The van der Waals surface area contributed by atoms with Gasteiger partial charge in [-0.25, -0.2) is 17.6 Å². The van der Waals surface area contributed by atoms with Gasteiger partial charge in [0.2, 0.25) is 0 Å². The third kappa shape index (κ3) is 4.54. The normalized spacial score (nSPS) is 15.4. The van der Waals surface area contributed by atoms with Crippen LogP contribution < -0.4 is 0 Å². The van der Waals surface area contributed by atoms with E-state index in [4.69, 9.17) is 5.11 Å². The van der Waals surface area contributed by atoms with E-state index >= 15 is 0 Å². The lowest BCUT2D eigenvalue weighted by molar-refractivity contribution is -0.213. The highest BCUT2D eigenvalue weighted by Crippen LogP contribution is 2.40. The van der Waals surface area contributed by atoms with E-state index in [1.54, 1.807) is 0 Å². The molecule has 0 spiro atoms. The smallest absolute Gasteiger partial charge is 0.384 e. The lowest BCUT2D eigenvalue weighted by Gasteiger charge is -2.24. The monoisotopic (exact) mass is 388 g/mol. The molecule has 0 aliphatic heterocycles. The van der Waals surface area contributed by atoms with Crippen LogP contribution in [0.15, 0.2) is 0 Å². The van der Waals surface area contributed by atoms with Crippen LogP contribution in [0.25, 0.3) is 0 Å². The molecule has 0 aromatic heterocycles. The predicted molar refractivity (Wildman–Crippen MR) is 62.3 cm³/mol. The van der Waals surface area contributed by atoms with Crippen molar-refractivity contribution in [2.24, 2.45) is 0 Å². The molecule has 1 N–H and O–H groups in total. The third-order valence-electron chi connectivity index (χ3n) is 3.09. The summed E-state index contributed by atoms with van der Waals surface area (Å²) in [4.78, 5) is 0. The van der Waals surface area contributed by atoms with Crippen LogP contribution in [0.3, 0.4) is 0 Å². The molecule has 2 unspecified atom stereocenters. The minimum Gasteiger partial charge on any atom is -0.384 e. The molecule has 1 aromatic carbocycles. The number of alkyl halides is 6. The Hall–Kier alpha value is -1.56. The molecule has 1 aromatic rings. The quantitative estimate of drug-likeness (QED) is 0.588. The van der Waals surface area contributed by atoms with Crippen molar-refractivity contribution in [3.8, 4) is 0 Å². The Bertz CT molecular complexity index is 594. The van der Waals surface area contributed by atoms with Crippen molar-refractivity contribution in [3.63, 3.8) is 0 Å². The van der Waals surface area contributed by atoms with Crippen molar-refractivity contribution in [2.75, 3.05) is 6.61 Å². The molecule has 0 aliphatic rings. The topological polar surface area (TPSA) is 29.5 Å². The predicted octanol–water partition coefficient (Wildman–Crippen LogP) is 4.65. The van der Waals surface area contributed by atoms with Crippen molar-refractivity contribution in [3.05, 3.63) is 34.4 Å². The van der Waals surface area contributed by atoms with E-state index in [0.717, 1.165) is 6.92 Å². The van der Waals surface area contributed by atoms with Gasteiger partial charge in [0.1, 0.15) is 5.56 Å². The van der Waals surface area contributed by atoms with Gasteiger partial charge in [-0.2, -0.15) is 26.3 Å². The number of hydrogen-bond acceptors (Lipinski definition) is 2. The number of hydrogen-bond donors (Lipinski definition) is 1. The summed E-state index contributed by atoms with van der Waals surface area (Å²) in [6.07, 6.45) is -18.2. The van der Waals surface area contributed by atoms with Crippen LogP contribution in [0.5, 0.6) is 0 Å². The number of rotatable bonds is 5. The summed E-state index contributed by atoms with van der Waals surface area (Å²) in [5.41, 5.74) is -4.67. The largest absolute Gasteiger partial charge is 0.422 e. The summed E-state index contributed by atoms with van der Waals surface area (Å²) in [6.45, 7) is 0.623. The fourth-order valence-corrected chi connectivity index (χ4v) is 1.99. The van der Waals surface area contributed by atoms with Crippen LogP contribution in [-0.2, 0) is 10.9 Å². The highest BCUT2D eigenvalue weighted by atomic mass is 19.4. The summed E-state index contributed by atoms with van der Waals surface area (Å²) in [7, 11) is 0. The number of aliphatic hydroxyl groups is 1. The Morgan fingerprint density at radius 3 is 1.64 bits per heavy atom. The maximum Gasteiger partial charge on any atom is 0.422 e. The van der Waals surface area contributed by atoms with E-state index in [9.17, 15) is 43.9 Å². The molecule has 144 valence electrons. The van der Waals surface area contributed by atoms with Gasteiger partial charge in [0.15, 0.2) is 29.4 Å². The minimum absolute atomic E-state index is 0.515. The number of aliphatic hydroxyl groups excluding tert-OH is 1. The van der Waals surface area contributed by atoms with Crippen molar-refractivity contribution in [2.45, 2.75) is 37.9 Å². The third-order valence-corrected chi connectivity index (χ3v) is 3.09. The summed E-state index contributed by atoms with van der Waals surface area (Å²) in [6, 6.07) is 0. The molecule has 0 aliphatic carbocycles. The Morgan fingerprint density at radius 2 is 1.32 bits per heavy atom. The van der Waals surface area contributed by atoms with Gasteiger partial charge in [-0.15, -0.1) is 0 Å². The molecular weight excluding hydrogens is 378 g/mol. The van der Waals surface area contributed by atoms with Gasteiger partial charge in [0.25, 0.3) is 0 Å². The number of benzene rings is 1. The summed E-state index contributed by atoms with van der Waals surface area (Å²) in [5, 5.41) is 8.93. The van der Waals surface area contributed by atoms with Crippen molar-refractivity contribution >= 4 is 0 Å². The standard InChI is InChI=1S/C13H10F10O2/c1-2-25-4(3-5(24)12(18,19)20)6-8(14)10(16)7(13(21,22)23)11(17)9(6)15/h4-5,24H,2-3H2,1H3. The molecule has 2 atom stereocenters. The summed E-state index contributed by atoms with van der Waals surface area (Å²) in [5.74, 6) is -10.8. The molecule has 0 bridgehead atoms. The first kappa shape index (κ1) is 21.5. The maximum atomic E-state index is 13.8. The van der Waals surface area contributed by atoms with Gasteiger partial charge in [-0.3, -0.25) is 0 Å². The Balaban J connectivity index is 3.52. The van der Waals surface area contributed by atoms with E-state index in [0.29, 0.717) is 0 Å². The van der Waals surface area contributed by atoms with Gasteiger partial charge in [0, 0.05) is 13.0 Å². The maximum absolute atomic E-state index is 13.8. The first-order chi connectivity index (χ1) is 11.2. The first-order valence-corrected chi connectivity index (χ1v) is 6.52. The van der Waals surface area contributed by atoms with Gasteiger partial charge in [0.05, 0.1) is 11.7 Å². The molecule has 0 heterocycles. The summed E-state index contributed by atoms with van der Waals surface area (Å²) < 4.78 is 134. The van der Waals surface area contributed by atoms with Crippen LogP contribution >= 0.6 is 0 Å². The molecule has 0 fully saturated rings. The fraction of sp³-hybridized carbons (Fsp3) is 0.538. The number of ether oxygens (including phenoxy) is 1. The zero-order valence-electron chi connectivity index (χ0n) is 12.2. The van der Waals surface area contributed by atoms with Crippen LogP contribution in [0.2, 0.25) is 0 Å². The Labute approximate surface area is 134 Å². The van der Waals surface area contributed by atoms with E-state index in [-0.39, 0.29) is 0 Å². The molecule has 0 amide bonds. The minimum atomic E-state index is -5.79. The molecule has 0 saturated heterocycles. The molecule has 0 saturated carbocycles. The first-order valence-electron chi connectivity index (χ1n) is 6.52. The van der Waals surface area contributed by atoms with Crippen LogP contribution in [0.1, 0.15) is 30.6 Å². The fourth-order valence-electron chi connectivity index (χ4n) is 1.99. The second-order valence-corrected chi connectivity index (χ2v) is 4.78. The van der Waals surface area contributed by atoms with Crippen molar-refractivity contribution in [1.82, 2.24) is 0 Å². The molecule has 12 heteroatoms. The van der Waals surface area contributed by atoms with Gasteiger partial charge >= 0.3 is 12.4 Å². The molecule has 0 radical (unpaired) electrons. The number of halogens is 10. The SMILES string of the molecule is CCOC(CC(O)C(F)(F)F)c1c(F)c(F)c(C(F)(F)F)c(F)c1F. The van der Waals surface area contributed by atoms with Crippen LogP contribution in [-0.4, -0.2) is 24.0 Å². The van der Waals surface area contributed by atoms with Gasteiger partial charge < -0.3 is 9.84 Å². The zero-order valence-corrected chi connectivity index (χ0v) is 12.2. The van der Waals surface area contributed by atoms with E-state index < -0.39 is 72.0 Å². The molecule has 25 heavy (non-hydrogen) atoms. The van der Waals surface area contributed by atoms with E-state index in [1.165, 1.54) is 0 Å². The summed E-state index contributed by atoms with van der Waals surface area (Å²) >= 11 is 0. The molecule has 1 rings (SSSR count). The second kappa shape index (κ2) is 7.36. The van der Waals surface area contributed by atoms with E-state index in [1.807, 2.05) is 0 Å². The highest BCUT2D eigenvalue weighted by Gasteiger charge is 2.45. The molecule has 2 nitrogen and oxygen atoms in total. The van der Waals surface area contributed by atoms with Crippen LogP contribution in [0.4, 0.5) is 43.9 Å². The second-order valence-electron chi connectivity index (χ2n) is 4.78. The molecular formula is C13H10F10O2. The lowest BCUT2D eigenvalue weighted by Crippen LogP contribution is -2.31. The van der Waals surface area contributed by atoms with Gasteiger partial charge in [-0.1, -0.05) is 0 Å². The van der Waals surface area contributed by atoms with Gasteiger partial charge in [-0.05, 0) is 6.92 Å². The van der Waals surface area contributed by atoms with Crippen molar-refractivity contribution in [1.29, 1.82) is 0 Å². The van der Waals surface area contributed by atoms with E-state index in [2.05, 4.69) is 4.74 Å². The Morgan fingerprint density at radius 1 is 0.880 bits per heavy atom. The highest BCUT2D eigenvalue weighted by molar-refractivity contribution is 5.33.